The fourth-order valence-electron chi connectivity index (χ4n) is 2.43. The second kappa shape index (κ2) is 10.3. The van der Waals surface area contributed by atoms with Crippen molar-refractivity contribution in [2.45, 2.75) is 6.61 Å². The maximum atomic E-state index is 12.9. The van der Waals surface area contributed by atoms with Crippen molar-refractivity contribution in [2.75, 3.05) is 5.32 Å². The number of anilines is 1. The van der Waals surface area contributed by atoms with Gasteiger partial charge < -0.3 is 10.1 Å². The van der Waals surface area contributed by atoms with E-state index in [-0.39, 0.29) is 5.82 Å². The average molecular weight is 416 g/mol. The van der Waals surface area contributed by atoms with Gasteiger partial charge in [0.05, 0.1) is 17.8 Å². The normalized spacial score (nSPS) is 10.3. The summed E-state index contributed by atoms with van der Waals surface area (Å²) in [7, 11) is 0. The van der Waals surface area contributed by atoms with Crippen LogP contribution >= 0.6 is 0 Å². The van der Waals surface area contributed by atoms with Crippen molar-refractivity contribution in [1.82, 2.24) is 5.43 Å². The van der Waals surface area contributed by atoms with Crippen molar-refractivity contribution in [3.8, 4) is 11.8 Å². The van der Waals surface area contributed by atoms with Crippen LogP contribution in [0, 0.1) is 17.1 Å². The van der Waals surface area contributed by atoms with Crippen LogP contribution in [0.25, 0.3) is 0 Å². The number of amides is 2. The molecule has 0 bridgehead atoms. The lowest BCUT2D eigenvalue weighted by Crippen LogP contribution is -2.32. The van der Waals surface area contributed by atoms with Crippen molar-refractivity contribution in [3.63, 3.8) is 0 Å². The standard InChI is InChI=1S/C23H17FN4O3/c24-19-7-1-18(2-8-19)15-31-21-11-5-17(6-12-21)14-26-28-23(30)22(29)27-20-9-3-16(13-25)4-10-20/h1-12,14H,15H2,(H,27,29)(H,28,30). The first-order valence-corrected chi connectivity index (χ1v) is 9.15. The van der Waals surface area contributed by atoms with Gasteiger partial charge in [0.25, 0.3) is 0 Å². The smallest absolute Gasteiger partial charge is 0.329 e. The topological polar surface area (TPSA) is 104 Å². The van der Waals surface area contributed by atoms with Crippen molar-refractivity contribution >= 4 is 23.7 Å². The first-order chi connectivity index (χ1) is 15.0. The van der Waals surface area contributed by atoms with Crippen molar-refractivity contribution in [1.29, 1.82) is 5.26 Å². The number of rotatable bonds is 6. The van der Waals surface area contributed by atoms with Gasteiger partial charge in [-0.25, -0.2) is 9.82 Å². The lowest BCUT2D eigenvalue weighted by atomic mass is 10.2. The van der Waals surface area contributed by atoms with Gasteiger partial charge in [0.15, 0.2) is 0 Å². The van der Waals surface area contributed by atoms with Gasteiger partial charge in [0.1, 0.15) is 18.2 Å². The number of nitrogens with one attached hydrogen (secondary N) is 2. The minimum atomic E-state index is -0.931. The molecule has 0 aliphatic carbocycles. The molecule has 3 rings (SSSR count). The molecule has 8 heteroatoms. The summed E-state index contributed by atoms with van der Waals surface area (Å²) in [4.78, 5) is 23.7. The first-order valence-electron chi connectivity index (χ1n) is 9.15. The highest BCUT2D eigenvalue weighted by molar-refractivity contribution is 6.39. The van der Waals surface area contributed by atoms with Gasteiger partial charge >= 0.3 is 11.8 Å². The summed E-state index contributed by atoms with van der Waals surface area (Å²) in [5.41, 5.74) is 4.50. The summed E-state index contributed by atoms with van der Waals surface area (Å²) in [6.45, 7) is 0.304. The van der Waals surface area contributed by atoms with Crippen LogP contribution in [-0.4, -0.2) is 18.0 Å². The zero-order chi connectivity index (χ0) is 22.1. The number of halogens is 1. The molecule has 154 valence electrons. The molecule has 0 aliphatic heterocycles. The summed E-state index contributed by atoms with van der Waals surface area (Å²) in [5.74, 6) is -1.50. The predicted molar refractivity (Wildman–Crippen MR) is 113 cm³/mol. The van der Waals surface area contributed by atoms with E-state index in [0.717, 1.165) is 5.56 Å². The van der Waals surface area contributed by atoms with Crippen LogP contribution in [0.1, 0.15) is 16.7 Å². The third-order valence-corrected chi connectivity index (χ3v) is 4.06. The Labute approximate surface area is 177 Å². The maximum absolute atomic E-state index is 12.9. The summed E-state index contributed by atoms with van der Waals surface area (Å²) >= 11 is 0. The van der Waals surface area contributed by atoms with E-state index < -0.39 is 11.8 Å². The number of carbonyl (C=O) groups excluding carboxylic acids is 2. The molecule has 0 aliphatic rings. The third-order valence-electron chi connectivity index (χ3n) is 4.06. The van der Waals surface area contributed by atoms with E-state index in [0.29, 0.717) is 29.2 Å². The predicted octanol–water partition coefficient (Wildman–Crippen LogP) is 3.37. The molecular formula is C23H17FN4O3. The van der Waals surface area contributed by atoms with Gasteiger partial charge in [-0.2, -0.15) is 10.4 Å². The molecule has 0 saturated carbocycles. The van der Waals surface area contributed by atoms with Crippen LogP contribution in [-0.2, 0) is 16.2 Å². The van der Waals surface area contributed by atoms with Crippen LogP contribution in [0.4, 0.5) is 10.1 Å². The summed E-state index contributed by atoms with van der Waals surface area (Å²) in [6, 6.07) is 21.0. The van der Waals surface area contributed by atoms with E-state index in [1.165, 1.54) is 42.6 Å². The minimum Gasteiger partial charge on any atom is -0.489 e. The molecule has 0 heterocycles. The molecule has 2 amide bonds. The SMILES string of the molecule is N#Cc1ccc(NC(=O)C(=O)NN=Cc2ccc(OCc3ccc(F)cc3)cc2)cc1. The van der Waals surface area contributed by atoms with Crippen molar-refractivity contribution in [2.24, 2.45) is 5.10 Å². The lowest BCUT2D eigenvalue weighted by Gasteiger charge is -2.06. The number of nitrogens with zero attached hydrogens (tertiary/aromatic N) is 2. The lowest BCUT2D eigenvalue weighted by molar-refractivity contribution is -0.136. The van der Waals surface area contributed by atoms with Gasteiger partial charge in [-0.05, 0) is 71.8 Å². The molecule has 7 nitrogen and oxygen atoms in total. The Balaban J connectivity index is 1.46. The molecule has 31 heavy (non-hydrogen) atoms. The highest BCUT2D eigenvalue weighted by Gasteiger charge is 2.12. The van der Waals surface area contributed by atoms with Crippen molar-refractivity contribution in [3.05, 3.63) is 95.3 Å². The summed E-state index contributed by atoms with van der Waals surface area (Å²) < 4.78 is 18.5. The van der Waals surface area contributed by atoms with E-state index in [2.05, 4.69) is 15.8 Å². The molecule has 0 fully saturated rings. The molecule has 0 spiro atoms. The molecule has 0 saturated heterocycles. The number of carbonyl (C=O) groups is 2. The van der Waals surface area contributed by atoms with Gasteiger partial charge in [-0.3, -0.25) is 9.59 Å². The second-order valence-electron chi connectivity index (χ2n) is 6.33. The zero-order valence-electron chi connectivity index (χ0n) is 16.2. The molecule has 3 aromatic carbocycles. The minimum absolute atomic E-state index is 0.300. The molecule has 3 aromatic rings. The number of hydrogen-bond donors (Lipinski definition) is 2. The third kappa shape index (κ3) is 6.51. The number of hydrogen-bond acceptors (Lipinski definition) is 5. The largest absolute Gasteiger partial charge is 0.489 e. The highest BCUT2D eigenvalue weighted by Crippen LogP contribution is 2.14. The molecule has 0 aromatic heterocycles. The Bertz CT molecular complexity index is 1120. The Morgan fingerprint density at radius 2 is 1.65 bits per heavy atom. The molecule has 2 N–H and O–H groups in total. The van der Waals surface area contributed by atoms with Gasteiger partial charge in [0.2, 0.25) is 0 Å². The maximum Gasteiger partial charge on any atom is 0.329 e. The number of ether oxygens (including phenoxy) is 1. The Morgan fingerprint density at radius 1 is 0.968 bits per heavy atom. The molecule has 0 atom stereocenters. The number of benzene rings is 3. The van der Waals surface area contributed by atoms with E-state index >= 15 is 0 Å². The van der Waals surface area contributed by atoms with Gasteiger partial charge in [0, 0.05) is 5.69 Å². The van der Waals surface area contributed by atoms with Crippen molar-refractivity contribution < 1.29 is 18.7 Å². The Kier molecular flexibility index (Phi) is 7.06. The van der Waals surface area contributed by atoms with E-state index in [4.69, 9.17) is 10.00 Å². The summed E-state index contributed by atoms with van der Waals surface area (Å²) in [6.07, 6.45) is 1.39. The first kappa shape index (κ1) is 21.2. The number of nitriles is 1. The Morgan fingerprint density at radius 3 is 2.29 bits per heavy atom. The highest BCUT2D eigenvalue weighted by atomic mass is 19.1. The van der Waals surface area contributed by atoms with Crippen LogP contribution < -0.4 is 15.5 Å². The van der Waals surface area contributed by atoms with Crippen LogP contribution in [0.15, 0.2) is 77.9 Å². The fraction of sp³-hybridized carbons (Fsp3) is 0.0435. The van der Waals surface area contributed by atoms with E-state index in [1.807, 2.05) is 6.07 Å². The average Bonchev–Trinajstić information content (AvgIpc) is 2.80. The van der Waals surface area contributed by atoms with Crippen LogP contribution in [0.3, 0.4) is 0 Å². The fourth-order valence-corrected chi connectivity index (χ4v) is 2.43. The molecular weight excluding hydrogens is 399 g/mol. The van der Waals surface area contributed by atoms with Crippen LogP contribution in [0.2, 0.25) is 0 Å². The Hall–Kier alpha value is -4.51. The van der Waals surface area contributed by atoms with Crippen LogP contribution in [0.5, 0.6) is 5.75 Å². The molecule has 0 radical (unpaired) electrons. The van der Waals surface area contributed by atoms with E-state index in [9.17, 15) is 14.0 Å². The summed E-state index contributed by atoms with van der Waals surface area (Å²) in [5, 5.41) is 14.9. The van der Waals surface area contributed by atoms with E-state index in [1.54, 1.807) is 36.4 Å². The quantitative estimate of drug-likeness (QED) is 0.365. The number of hydrazone groups is 1. The van der Waals surface area contributed by atoms with Gasteiger partial charge in [-0.15, -0.1) is 0 Å². The van der Waals surface area contributed by atoms with Gasteiger partial charge in [-0.1, -0.05) is 12.1 Å². The zero-order valence-corrected chi connectivity index (χ0v) is 16.2. The molecule has 0 unspecified atom stereocenters. The monoisotopic (exact) mass is 416 g/mol. The second-order valence-corrected chi connectivity index (χ2v) is 6.33.